The molecular weight excluding hydrogens is 328 g/mol. The fourth-order valence-electron chi connectivity index (χ4n) is 3.52. The molecule has 6 nitrogen and oxygen atoms in total. The number of aryl methyl sites for hydroxylation is 1. The molecule has 1 saturated heterocycles. The summed E-state index contributed by atoms with van der Waals surface area (Å²) in [5.41, 5.74) is 4.04. The molecule has 1 aliphatic heterocycles. The lowest BCUT2D eigenvalue weighted by Gasteiger charge is -2.29. The predicted octanol–water partition coefficient (Wildman–Crippen LogP) is 1.64. The molecule has 1 fully saturated rings. The van der Waals surface area contributed by atoms with E-state index in [9.17, 15) is 9.59 Å². The molecule has 1 aliphatic rings. The second-order valence-electron chi connectivity index (χ2n) is 6.67. The van der Waals surface area contributed by atoms with E-state index >= 15 is 0 Å². The van der Waals surface area contributed by atoms with Crippen LogP contribution in [0.1, 0.15) is 16.8 Å². The Morgan fingerprint density at radius 1 is 0.962 bits per heavy atom. The first-order valence-electron chi connectivity index (χ1n) is 8.67. The zero-order chi connectivity index (χ0) is 18.1. The number of nitrogens with one attached hydrogen (secondary N) is 3. The Morgan fingerprint density at radius 3 is 2.42 bits per heavy atom. The number of H-pyrrole nitrogens is 1. The van der Waals surface area contributed by atoms with Gasteiger partial charge in [0.2, 0.25) is 11.8 Å². The summed E-state index contributed by atoms with van der Waals surface area (Å²) in [7, 11) is 0. The van der Waals surface area contributed by atoms with Crippen molar-refractivity contribution in [3.63, 3.8) is 0 Å². The zero-order valence-corrected chi connectivity index (χ0v) is 14.5. The normalized spacial score (nSPS) is 20.0. The average molecular weight is 348 g/mol. The molecular formula is C20H20N4O2. The molecule has 4 rings (SSSR count). The number of amides is 2. The minimum Gasteiger partial charge on any atom is -0.358 e. The molecule has 2 atom stereocenters. The Kier molecular flexibility index (Phi) is 4.16. The lowest BCUT2D eigenvalue weighted by molar-refractivity contribution is -0.136. The Balaban J connectivity index is 1.50. The van der Waals surface area contributed by atoms with Gasteiger partial charge in [-0.2, -0.15) is 0 Å². The summed E-state index contributed by atoms with van der Waals surface area (Å²) >= 11 is 0. The Morgan fingerprint density at radius 2 is 1.69 bits per heavy atom. The van der Waals surface area contributed by atoms with Crippen LogP contribution in [0.3, 0.4) is 0 Å². The van der Waals surface area contributed by atoms with Crippen LogP contribution in [-0.4, -0.2) is 33.9 Å². The van der Waals surface area contributed by atoms with E-state index in [2.05, 4.69) is 20.6 Å². The van der Waals surface area contributed by atoms with Gasteiger partial charge in [-0.3, -0.25) is 14.6 Å². The number of hydrogen-bond donors (Lipinski definition) is 3. The Bertz CT molecular complexity index is 964. The van der Waals surface area contributed by atoms with E-state index in [4.69, 9.17) is 0 Å². The quantitative estimate of drug-likeness (QED) is 0.670. The molecule has 26 heavy (non-hydrogen) atoms. The smallest absolute Gasteiger partial charge is 0.243 e. The first kappa shape index (κ1) is 16.3. The third kappa shape index (κ3) is 3.06. The van der Waals surface area contributed by atoms with Gasteiger partial charge in [0.05, 0.1) is 0 Å². The van der Waals surface area contributed by atoms with Crippen LogP contribution in [0, 0.1) is 6.92 Å². The summed E-state index contributed by atoms with van der Waals surface area (Å²) in [5, 5.41) is 6.82. The molecule has 0 radical (unpaired) electrons. The summed E-state index contributed by atoms with van der Waals surface area (Å²) < 4.78 is 0. The molecule has 1 unspecified atom stereocenters. The number of nitrogens with zero attached hydrogens (tertiary/aromatic N) is 1. The lowest BCUT2D eigenvalue weighted by atomic mass is 9.98. The van der Waals surface area contributed by atoms with Crippen molar-refractivity contribution >= 4 is 22.7 Å². The number of hydrogen-bond acceptors (Lipinski definition) is 3. The standard InChI is InChI=1S/C20H20N4O2/c1-12-15(14-6-2-3-7-16(14)22-12)10-18-20(26)23-17(19(25)24-18)9-13-5-4-8-21-11-13/h2-8,11,17-18,22H,9-10H2,1H3,(H,23,26)(H,24,25)/t17?,18-/m1/s1. The number of benzene rings is 1. The number of para-hydroxylation sites is 1. The second-order valence-corrected chi connectivity index (χ2v) is 6.67. The van der Waals surface area contributed by atoms with Crippen LogP contribution in [-0.2, 0) is 22.4 Å². The highest BCUT2D eigenvalue weighted by atomic mass is 16.2. The SMILES string of the molecule is Cc1[nH]c2ccccc2c1C[C@H]1NC(=O)C(Cc2cccnc2)NC1=O. The van der Waals surface area contributed by atoms with Crippen molar-refractivity contribution in [2.75, 3.05) is 0 Å². The molecule has 0 bridgehead atoms. The van der Waals surface area contributed by atoms with Gasteiger partial charge >= 0.3 is 0 Å². The lowest BCUT2D eigenvalue weighted by Crippen LogP contribution is -2.62. The monoisotopic (exact) mass is 348 g/mol. The van der Waals surface area contributed by atoms with Crippen molar-refractivity contribution in [1.29, 1.82) is 0 Å². The van der Waals surface area contributed by atoms with Crippen molar-refractivity contribution in [3.8, 4) is 0 Å². The second kappa shape index (κ2) is 6.63. The molecule has 1 aromatic carbocycles. The number of carbonyl (C=O) groups excluding carboxylic acids is 2. The number of carbonyl (C=O) groups is 2. The van der Waals surface area contributed by atoms with Gasteiger partial charge < -0.3 is 15.6 Å². The van der Waals surface area contributed by atoms with Crippen molar-refractivity contribution in [2.45, 2.75) is 31.8 Å². The average Bonchev–Trinajstić information content (AvgIpc) is 2.96. The van der Waals surface area contributed by atoms with Gasteiger partial charge in [-0.05, 0) is 30.2 Å². The highest BCUT2D eigenvalue weighted by Gasteiger charge is 2.34. The Hall–Kier alpha value is -3.15. The maximum absolute atomic E-state index is 12.6. The van der Waals surface area contributed by atoms with E-state index in [1.54, 1.807) is 12.4 Å². The van der Waals surface area contributed by atoms with Gasteiger partial charge in [-0.25, -0.2) is 0 Å². The number of fused-ring (bicyclic) bond motifs is 1. The molecule has 0 aliphatic carbocycles. The number of piperazine rings is 1. The van der Waals surface area contributed by atoms with Crippen LogP contribution >= 0.6 is 0 Å². The van der Waals surface area contributed by atoms with Gasteiger partial charge in [-0.15, -0.1) is 0 Å². The van der Waals surface area contributed by atoms with Crippen LogP contribution in [0.4, 0.5) is 0 Å². The molecule has 6 heteroatoms. The summed E-state index contributed by atoms with van der Waals surface area (Å²) in [4.78, 5) is 32.4. The predicted molar refractivity (Wildman–Crippen MR) is 98.5 cm³/mol. The molecule has 2 amide bonds. The molecule has 2 aromatic heterocycles. The summed E-state index contributed by atoms with van der Waals surface area (Å²) in [6.07, 6.45) is 4.29. The van der Waals surface area contributed by atoms with Gasteiger partial charge in [0, 0.05) is 41.8 Å². The topological polar surface area (TPSA) is 86.9 Å². The van der Waals surface area contributed by atoms with Crippen molar-refractivity contribution in [2.24, 2.45) is 0 Å². The summed E-state index contributed by atoms with van der Waals surface area (Å²) in [6.45, 7) is 1.99. The molecule has 3 aromatic rings. The third-order valence-electron chi connectivity index (χ3n) is 4.86. The van der Waals surface area contributed by atoms with Crippen molar-refractivity contribution in [3.05, 3.63) is 65.6 Å². The number of aromatic amines is 1. The van der Waals surface area contributed by atoms with Gasteiger partial charge in [-0.1, -0.05) is 24.3 Å². The molecule has 0 saturated carbocycles. The van der Waals surface area contributed by atoms with E-state index in [1.807, 2.05) is 43.3 Å². The first-order chi connectivity index (χ1) is 12.6. The maximum Gasteiger partial charge on any atom is 0.243 e. The molecule has 132 valence electrons. The third-order valence-corrected chi connectivity index (χ3v) is 4.86. The van der Waals surface area contributed by atoms with Gasteiger partial charge in [0.1, 0.15) is 12.1 Å². The van der Waals surface area contributed by atoms with Crippen LogP contribution in [0.5, 0.6) is 0 Å². The van der Waals surface area contributed by atoms with Gasteiger partial charge in [0.15, 0.2) is 0 Å². The summed E-state index contributed by atoms with van der Waals surface area (Å²) in [6, 6.07) is 10.6. The minimum absolute atomic E-state index is 0.150. The van der Waals surface area contributed by atoms with Crippen LogP contribution < -0.4 is 10.6 Å². The van der Waals surface area contributed by atoms with E-state index in [1.165, 1.54) is 0 Å². The van der Waals surface area contributed by atoms with E-state index in [0.29, 0.717) is 12.8 Å². The number of rotatable bonds is 4. The summed E-state index contributed by atoms with van der Waals surface area (Å²) in [5.74, 6) is -0.306. The minimum atomic E-state index is -0.564. The van der Waals surface area contributed by atoms with E-state index in [-0.39, 0.29) is 11.8 Å². The largest absolute Gasteiger partial charge is 0.358 e. The van der Waals surface area contributed by atoms with E-state index in [0.717, 1.165) is 27.7 Å². The van der Waals surface area contributed by atoms with Crippen LogP contribution in [0.15, 0.2) is 48.8 Å². The highest BCUT2D eigenvalue weighted by molar-refractivity contribution is 5.97. The van der Waals surface area contributed by atoms with Gasteiger partial charge in [0.25, 0.3) is 0 Å². The van der Waals surface area contributed by atoms with Crippen LogP contribution in [0.25, 0.3) is 10.9 Å². The fraction of sp³-hybridized carbons (Fsp3) is 0.250. The van der Waals surface area contributed by atoms with Crippen LogP contribution in [0.2, 0.25) is 0 Å². The molecule has 3 N–H and O–H groups in total. The van der Waals surface area contributed by atoms with Crippen molar-refractivity contribution in [1.82, 2.24) is 20.6 Å². The number of pyridine rings is 1. The Labute approximate surface area is 151 Å². The van der Waals surface area contributed by atoms with Crippen molar-refractivity contribution < 1.29 is 9.59 Å². The molecule has 0 spiro atoms. The fourth-order valence-corrected chi connectivity index (χ4v) is 3.52. The maximum atomic E-state index is 12.6. The van der Waals surface area contributed by atoms with E-state index < -0.39 is 12.1 Å². The highest BCUT2D eigenvalue weighted by Crippen LogP contribution is 2.23. The first-order valence-corrected chi connectivity index (χ1v) is 8.67. The molecule has 3 heterocycles. The number of aromatic nitrogens is 2. The zero-order valence-electron chi connectivity index (χ0n) is 14.5.